The van der Waals surface area contributed by atoms with Crippen LogP contribution < -0.4 is 5.32 Å². The summed E-state index contributed by atoms with van der Waals surface area (Å²) in [5.74, 6) is 0.691. The van der Waals surface area contributed by atoms with Crippen molar-refractivity contribution in [3.63, 3.8) is 0 Å². The molecule has 19 heavy (non-hydrogen) atoms. The van der Waals surface area contributed by atoms with Crippen LogP contribution in [-0.4, -0.2) is 12.6 Å². The third-order valence-corrected chi connectivity index (χ3v) is 5.49. The standard InChI is InChI=1S/C17H24FN/c1-16(14-5-7-15(18)8-6-14)10-13-4-3-9-17(11-13,12-16)19-2/h5-8,13,19H,3-4,9-12H2,1-2H3/t13-,16+,17+/m1/s1. The Bertz CT molecular complexity index is 455. The Morgan fingerprint density at radius 3 is 2.63 bits per heavy atom. The van der Waals surface area contributed by atoms with Gasteiger partial charge >= 0.3 is 0 Å². The van der Waals surface area contributed by atoms with E-state index in [0.29, 0.717) is 5.54 Å². The maximum Gasteiger partial charge on any atom is 0.123 e. The molecule has 0 heterocycles. The van der Waals surface area contributed by atoms with Crippen molar-refractivity contribution in [2.75, 3.05) is 7.05 Å². The zero-order valence-corrected chi connectivity index (χ0v) is 12.0. The predicted molar refractivity (Wildman–Crippen MR) is 76.7 cm³/mol. The van der Waals surface area contributed by atoms with Gasteiger partial charge in [-0.3, -0.25) is 0 Å². The Morgan fingerprint density at radius 1 is 1.21 bits per heavy atom. The van der Waals surface area contributed by atoms with E-state index in [1.165, 1.54) is 44.1 Å². The van der Waals surface area contributed by atoms with Gasteiger partial charge in [0.1, 0.15) is 5.82 Å². The summed E-state index contributed by atoms with van der Waals surface area (Å²) in [6.07, 6.45) is 7.75. The van der Waals surface area contributed by atoms with Crippen LogP contribution >= 0.6 is 0 Å². The van der Waals surface area contributed by atoms with Crippen LogP contribution in [0.4, 0.5) is 4.39 Å². The molecule has 0 spiro atoms. The van der Waals surface area contributed by atoms with Crippen LogP contribution in [0.15, 0.2) is 24.3 Å². The second-order valence-electron chi connectivity index (χ2n) is 6.94. The first kappa shape index (κ1) is 13.1. The van der Waals surface area contributed by atoms with Gasteiger partial charge in [-0.2, -0.15) is 0 Å². The van der Waals surface area contributed by atoms with Crippen molar-refractivity contribution in [2.45, 2.75) is 56.4 Å². The van der Waals surface area contributed by atoms with E-state index in [2.05, 4.69) is 19.3 Å². The minimum absolute atomic E-state index is 0.133. The maximum atomic E-state index is 13.1. The first-order valence-corrected chi connectivity index (χ1v) is 7.50. The lowest BCUT2D eigenvalue weighted by atomic mass is 9.56. The molecule has 2 aliphatic rings. The van der Waals surface area contributed by atoms with Crippen molar-refractivity contribution in [2.24, 2.45) is 5.92 Å². The summed E-state index contributed by atoms with van der Waals surface area (Å²) in [5.41, 5.74) is 1.81. The van der Waals surface area contributed by atoms with Gasteiger partial charge in [0.2, 0.25) is 0 Å². The molecular weight excluding hydrogens is 237 g/mol. The van der Waals surface area contributed by atoms with Gasteiger partial charge in [0.25, 0.3) is 0 Å². The van der Waals surface area contributed by atoms with Gasteiger partial charge in [-0.1, -0.05) is 31.9 Å². The van der Waals surface area contributed by atoms with E-state index in [4.69, 9.17) is 0 Å². The fraction of sp³-hybridized carbons (Fsp3) is 0.647. The molecule has 1 nitrogen and oxygen atoms in total. The van der Waals surface area contributed by atoms with Crippen molar-refractivity contribution in [3.05, 3.63) is 35.6 Å². The van der Waals surface area contributed by atoms with Crippen LogP contribution in [-0.2, 0) is 5.41 Å². The van der Waals surface area contributed by atoms with Gasteiger partial charge in [0.15, 0.2) is 0 Å². The minimum Gasteiger partial charge on any atom is -0.314 e. The first-order valence-electron chi connectivity index (χ1n) is 7.50. The van der Waals surface area contributed by atoms with Crippen molar-refractivity contribution < 1.29 is 4.39 Å². The normalized spacial score (nSPS) is 38.2. The second-order valence-corrected chi connectivity index (χ2v) is 6.94. The molecule has 0 aliphatic heterocycles. The summed E-state index contributed by atoms with van der Waals surface area (Å²) >= 11 is 0. The van der Waals surface area contributed by atoms with E-state index in [-0.39, 0.29) is 11.2 Å². The van der Waals surface area contributed by atoms with Crippen LogP contribution in [0.3, 0.4) is 0 Å². The minimum atomic E-state index is -0.133. The third-order valence-electron chi connectivity index (χ3n) is 5.49. The Hall–Kier alpha value is -0.890. The van der Waals surface area contributed by atoms with Crippen molar-refractivity contribution in [1.82, 2.24) is 5.32 Å². The Labute approximate surface area is 115 Å². The molecule has 2 fully saturated rings. The van der Waals surface area contributed by atoms with Gasteiger partial charge in [-0.15, -0.1) is 0 Å². The average Bonchev–Trinajstić information content (AvgIpc) is 2.38. The number of benzene rings is 1. The van der Waals surface area contributed by atoms with Crippen molar-refractivity contribution in [1.29, 1.82) is 0 Å². The summed E-state index contributed by atoms with van der Waals surface area (Å²) < 4.78 is 13.1. The van der Waals surface area contributed by atoms with E-state index >= 15 is 0 Å². The van der Waals surface area contributed by atoms with E-state index in [0.717, 1.165) is 5.92 Å². The Morgan fingerprint density at radius 2 is 1.95 bits per heavy atom. The molecule has 1 aromatic rings. The van der Waals surface area contributed by atoms with Gasteiger partial charge in [-0.05, 0) is 61.8 Å². The number of hydrogen-bond donors (Lipinski definition) is 1. The molecule has 1 N–H and O–H groups in total. The quantitative estimate of drug-likeness (QED) is 0.847. The lowest BCUT2D eigenvalue weighted by Crippen LogP contribution is -2.55. The van der Waals surface area contributed by atoms with E-state index in [1.807, 2.05) is 12.1 Å². The highest BCUT2D eigenvalue weighted by atomic mass is 19.1. The molecule has 2 saturated carbocycles. The summed E-state index contributed by atoms with van der Waals surface area (Å²) in [7, 11) is 2.11. The third kappa shape index (κ3) is 2.31. The molecule has 0 unspecified atom stereocenters. The molecule has 1 aromatic carbocycles. The first-order chi connectivity index (χ1) is 9.05. The molecule has 2 bridgehead atoms. The molecule has 0 radical (unpaired) electrons. The van der Waals surface area contributed by atoms with E-state index in [1.54, 1.807) is 12.1 Å². The molecular formula is C17H24FN. The Kier molecular flexibility index (Phi) is 3.17. The summed E-state index contributed by atoms with van der Waals surface area (Å²) in [6.45, 7) is 2.36. The van der Waals surface area contributed by atoms with Crippen LogP contribution in [0.5, 0.6) is 0 Å². The zero-order valence-electron chi connectivity index (χ0n) is 12.0. The smallest absolute Gasteiger partial charge is 0.123 e. The Balaban J connectivity index is 1.93. The topological polar surface area (TPSA) is 12.0 Å². The fourth-order valence-corrected chi connectivity index (χ4v) is 4.66. The van der Waals surface area contributed by atoms with Crippen LogP contribution in [0.1, 0.15) is 51.0 Å². The number of halogens is 1. The SMILES string of the molecule is CN[C@@]12CCC[C@@H](C1)C[C@](C)(c1ccc(F)cc1)C2. The number of nitrogens with one attached hydrogen (secondary N) is 1. The molecule has 3 atom stereocenters. The van der Waals surface area contributed by atoms with Gasteiger partial charge in [0, 0.05) is 5.54 Å². The fourth-order valence-electron chi connectivity index (χ4n) is 4.66. The highest BCUT2D eigenvalue weighted by molar-refractivity contribution is 5.28. The van der Waals surface area contributed by atoms with Gasteiger partial charge in [0.05, 0.1) is 0 Å². The van der Waals surface area contributed by atoms with Crippen molar-refractivity contribution in [3.8, 4) is 0 Å². The van der Waals surface area contributed by atoms with E-state index < -0.39 is 0 Å². The predicted octanol–water partition coefficient (Wildman–Crippen LogP) is 4.03. The average molecular weight is 261 g/mol. The highest BCUT2D eigenvalue weighted by Gasteiger charge is 2.47. The molecule has 2 aliphatic carbocycles. The highest BCUT2D eigenvalue weighted by Crippen LogP contribution is 2.51. The van der Waals surface area contributed by atoms with Crippen molar-refractivity contribution >= 4 is 0 Å². The van der Waals surface area contributed by atoms with Gasteiger partial charge in [-0.25, -0.2) is 4.39 Å². The van der Waals surface area contributed by atoms with E-state index in [9.17, 15) is 4.39 Å². The lowest BCUT2D eigenvalue weighted by Gasteiger charge is -2.53. The largest absolute Gasteiger partial charge is 0.314 e. The molecule has 3 rings (SSSR count). The summed E-state index contributed by atoms with van der Waals surface area (Å²) in [5, 5.41) is 3.61. The monoisotopic (exact) mass is 261 g/mol. The van der Waals surface area contributed by atoms with Gasteiger partial charge < -0.3 is 5.32 Å². The lowest BCUT2D eigenvalue weighted by molar-refractivity contribution is 0.0703. The molecule has 0 amide bonds. The van der Waals surface area contributed by atoms with Crippen LogP contribution in [0, 0.1) is 11.7 Å². The second kappa shape index (κ2) is 4.59. The number of rotatable bonds is 2. The number of fused-ring (bicyclic) bond motifs is 2. The molecule has 0 saturated heterocycles. The summed E-state index contributed by atoms with van der Waals surface area (Å²) in [6, 6.07) is 7.19. The molecule has 0 aromatic heterocycles. The number of hydrogen-bond acceptors (Lipinski definition) is 1. The summed E-state index contributed by atoms with van der Waals surface area (Å²) in [4.78, 5) is 0. The molecule has 104 valence electrons. The zero-order chi connectivity index (χ0) is 13.5. The van der Waals surface area contributed by atoms with Crippen LogP contribution in [0.25, 0.3) is 0 Å². The molecule has 2 heteroatoms. The van der Waals surface area contributed by atoms with Crippen LogP contribution in [0.2, 0.25) is 0 Å². The maximum absolute atomic E-state index is 13.1.